The smallest absolute Gasteiger partial charge is 0.211 e. The van der Waals surface area contributed by atoms with Gasteiger partial charge in [-0.15, -0.1) is 10.2 Å². The molecule has 0 aliphatic carbocycles. The van der Waals surface area contributed by atoms with Crippen molar-refractivity contribution in [3.8, 4) is 0 Å². The van der Waals surface area contributed by atoms with Crippen molar-refractivity contribution < 1.29 is 0 Å². The summed E-state index contributed by atoms with van der Waals surface area (Å²) in [6.07, 6.45) is 4.05. The van der Waals surface area contributed by atoms with Crippen molar-refractivity contribution in [1.29, 1.82) is 0 Å². The molecule has 0 N–H and O–H groups in total. The number of piperidine rings is 1. The number of rotatable bonds is 4. The van der Waals surface area contributed by atoms with Crippen molar-refractivity contribution in [2.24, 2.45) is 7.05 Å². The second-order valence-electron chi connectivity index (χ2n) is 6.24. The van der Waals surface area contributed by atoms with E-state index in [0.717, 1.165) is 44.0 Å². The monoisotopic (exact) mass is 405 g/mol. The third-order valence-corrected chi connectivity index (χ3v) is 5.94. The molecule has 2 aromatic heterocycles. The van der Waals surface area contributed by atoms with E-state index in [-0.39, 0.29) is 0 Å². The number of likely N-dealkylation sites (tertiary alicyclic amines) is 1. The van der Waals surface area contributed by atoms with E-state index in [1.165, 1.54) is 32.4 Å². The summed E-state index contributed by atoms with van der Waals surface area (Å²) in [7, 11) is 2.04. The molecule has 1 aromatic carbocycles. The first kappa shape index (κ1) is 16.3. The molecule has 5 nitrogen and oxygen atoms in total. The predicted octanol–water partition coefficient (Wildman–Crippen LogP) is 3.86. The van der Waals surface area contributed by atoms with Crippen LogP contribution >= 0.6 is 27.7 Å². The van der Waals surface area contributed by atoms with E-state index < -0.39 is 0 Å². The number of hydrogen-bond acceptors (Lipinski definition) is 5. The quantitative estimate of drug-likeness (QED) is 0.616. The normalized spacial score (nSPS) is 16.2. The average molecular weight is 406 g/mol. The lowest BCUT2D eigenvalue weighted by Gasteiger charge is -2.25. The van der Waals surface area contributed by atoms with Crippen molar-refractivity contribution in [1.82, 2.24) is 24.6 Å². The molecule has 3 aromatic rings. The molecule has 0 spiro atoms. The van der Waals surface area contributed by atoms with Crippen LogP contribution in [0.1, 0.15) is 19.3 Å². The van der Waals surface area contributed by atoms with Crippen molar-refractivity contribution in [2.75, 3.05) is 25.4 Å². The third kappa shape index (κ3) is 3.17. The third-order valence-electron chi connectivity index (χ3n) is 4.63. The molecule has 1 aliphatic heterocycles. The lowest BCUT2D eigenvalue weighted by molar-refractivity contribution is 0.242. The molecule has 0 saturated carbocycles. The molecule has 4 rings (SSSR count). The van der Waals surface area contributed by atoms with Gasteiger partial charge in [0.2, 0.25) is 5.16 Å². The highest BCUT2D eigenvalue weighted by Gasteiger charge is 2.14. The number of fused-ring (bicyclic) bond motifs is 3. The molecule has 3 heterocycles. The summed E-state index contributed by atoms with van der Waals surface area (Å²) in [6, 6.07) is 6.21. The van der Waals surface area contributed by atoms with E-state index in [2.05, 4.69) is 47.7 Å². The fraction of sp³-hybridized carbons (Fsp3) is 0.471. The van der Waals surface area contributed by atoms with Crippen molar-refractivity contribution >= 4 is 49.8 Å². The number of thioether (sulfide) groups is 1. The molecule has 1 saturated heterocycles. The van der Waals surface area contributed by atoms with E-state index in [4.69, 9.17) is 4.98 Å². The van der Waals surface area contributed by atoms with Crippen LogP contribution in [-0.2, 0) is 7.05 Å². The fourth-order valence-corrected chi connectivity index (χ4v) is 4.47. The van der Waals surface area contributed by atoms with Crippen LogP contribution in [0.25, 0.3) is 22.1 Å². The summed E-state index contributed by atoms with van der Waals surface area (Å²) in [5.74, 6) is 1.02. The van der Waals surface area contributed by atoms with Gasteiger partial charge >= 0.3 is 0 Å². The summed E-state index contributed by atoms with van der Waals surface area (Å²) in [5, 5.41) is 10.6. The Bertz CT molecular complexity index is 872. The number of aryl methyl sites for hydroxylation is 1. The fourth-order valence-electron chi connectivity index (χ4n) is 3.33. The van der Waals surface area contributed by atoms with Crippen LogP contribution in [0, 0.1) is 0 Å². The van der Waals surface area contributed by atoms with Crippen molar-refractivity contribution in [2.45, 2.75) is 24.4 Å². The largest absolute Gasteiger partial charge is 0.327 e. The first-order chi connectivity index (χ1) is 11.7. The van der Waals surface area contributed by atoms with Gasteiger partial charge < -0.3 is 9.47 Å². The maximum Gasteiger partial charge on any atom is 0.211 e. The van der Waals surface area contributed by atoms with Crippen LogP contribution in [0.3, 0.4) is 0 Å². The zero-order chi connectivity index (χ0) is 16.5. The molecule has 7 heteroatoms. The first-order valence-electron chi connectivity index (χ1n) is 8.36. The van der Waals surface area contributed by atoms with Gasteiger partial charge in [-0.2, -0.15) is 0 Å². The standard InChI is InChI=1S/C17H20BrN5S/c1-22-14-6-5-12(18)11-13(14)15-16(22)19-17(21-20-15)24-10-9-23-7-3-2-4-8-23/h5-6,11H,2-4,7-10H2,1H3. The molecule has 0 unspecified atom stereocenters. The second-order valence-corrected chi connectivity index (χ2v) is 8.22. The molecular weight excluding hydrogens is 386 g/mol. The van der Waals surface area contributed by atoms with Gasteiger partial charge in [0.1, 0.15) is 5.52 Å². The van der Waals surface area contributed by atoms with E-state index in [1.807, 2.05) is 13.1 Å². The SMILES string of the molecule is Cn1c2ccc(Br)cc2c2nnc(SCCN3CCCCC3)nc21. The molecule has 0 amide bonds. The number of halogens is 1. The summed E-state index contributed by atoms with van der Waals surface area (Å²) in [4.78, 5) is 7.28. The van der Waals surface area contributed by atoms with E-state index in [1.54, 1.807) is 11.8 Å². The number of benzene rings is 1. The second kappa shape index (κ2) is 6.98. The van der Waals surface area contributed by atoms with Crippen LogP contribution < -0.4 is 0 Å². The Balaban J connectivity index is 1.54. The zero-order valence-electron chi connectivity index (χ0n) is 13.7. The van der Waals surface area contributed by atoms with Crippen LogP contribution in [-0.4, -0.2) is 50.0 Å². The van der Waals surface area contributed by atoms with Gasteiger partial charge in [0.05, 0.1) is 5.52 Å². The molecule has 1 aliphatic rings. The maximum atomic E-state index is 4.74. The van der Waals surface area contributed by atoms with Crippen LogP contribution in [0.2, 0.25) is 0 Å². The van der Waals surface area contributed by atoms with Crippen molar-refractivity contribution in [3.63, 3.8) is 0 Å². The van der Waals surface area contributed by atoms with Crippen LogP contribution in [0.15, 0.2) is 27.8 Å². The minimum absolute atomic E-state index is 0.768. The number of nitrogens with zero attached hydrogens (tertiary/aromatic N) is 5. The number of aromatic nitrogens is 4. The molecular formula is C17H20BrN5S. The minimum Gasteiger partial charge on any atom is -0.327 e. The molecule has 1 fully saturated rings. The summed E-state index contributed by atoms with van der Waals surface area (Å²) >= 11 is 5.23. The van der Waals surface area contributed by atoms with E-state index >= 15 is 0 Å². The molecule has 0 atom stereocenters. The van der Waals surface area contributed by atoms with Gasteiger partial charge in [0.15, 0.2) is 5.65 Å². The van der Waals surface area contributed by atoms with Gasteiger partial charge in [-0.25, -0.2) is 4.98 Å². The Morgan fingerprint density at radius 2 is 2.00 bits per heavy atom. The van der Waals surface area contributed by atoms with Gasteiger partial charge in [0, 0.05) is 29.2 Å². The van der Waals surface area contributed by atoms with Crippen LogP contribution in [0.4, 0.5) is 0 Å². The Morgan fingerprint density at radius 1 is 1.17 bits per heavy atom. The molecule has 0 bridgehead atoms. The van der Waals surface area contributed by atoms with E-state index in [9.17, 15) is 0 Å². The highest BCUT2D eigenvalue weighted by molar-refractivity contribution is 9.10. The molecule has 0 radical (unpaired) electrons. The Labute approximate surface area is 154 Å². The lowest BCUT2D eigenvalue weighted by atomic mass is 10.1. The minimum atomic E-state index is 0.768. The van der Waals surface area contributed by atoms with Gasteiger partial charge in [0.25, 0.3) is 0 Å². The van der Waals surface area contributed by atoms with Gasteiger partial charge in [-0.05, 0) is 44.1 Å². The molecule has 126 valence electrons. The van der Waals surface area contributed by atoms with Gasteiger partial charge in [-0.1, -0.05) is 34.1 Å². The highest BCUT2D eigenvalue weighted by Crippen LogP contribution is 2.28. The predicted molar refractivity (Wildman–Crippen MR) is 103 cm³/mol. The lowest BCUT2D eigenvalue weighted by Crippen LogP contribution is -2.31. The Morgan fingerprint density at radius 3 is 2.83 bits per heavy atom. The average Bonchev–Trinajstić information content (AvgIpc) is 2.88. The van der Waals surface area contributed by atoms with Crippen molar-refractivity contribution in [3.05, 3.63) is 22.7 Å². The van der Waals surface area contributed by atoms with Crippen LogP contribution in [0.5, 0.6) is 0 Å². The Hall–Kier alpha value is -1.18. The zero-order valence-corrected chi connectivity index (χ0v) is 16.1. The summed E-state index contributed by atoms with van der Waals surface area (Å²) in [6.45, 7) is 3.57. The maximum absolute atomic E-state index is 4.74. The first-order valence-corrected chi connectivity index (χ1v) is 10.1. The van der Waals surface area contributed by atoms with Gasteiger partial charge in [-0.3, -0.25) is 0 Å². The summed E-state index contributed by atoms with van der Waals surface area (Å²) < 4.78 is 3.14. The summed E-state index contributed by atoms with van der Waals surface area (Å²) in [5.41, 5.74) is 2.90. The highest BCUT2D eigenvalue weighted by atomic mass is 79.9. The van der Waals surface area contributed by atoms with E-state index in [0.29, 0.717) is 0 Å². The Kier molecular flexibility index (Phi) is 4.74. The molecule has 24 heavy (non-hydrogen) atoms. The topological polar surface area (TPSA) is 46.8 Å². The number of hydrogen-bond donors (Lipinski definition) is 0.